The van der Waals surface area contributed by atoms with Gasteiger partial charge in [0.2, 0.25) is 9.04 Å². The summed E-state index contributed by atoms with van der Waals surface area (Å²) in [4.78, 5) is 0. The molecule has 0 aromatic carbocycles. The van der Waals surface area contributed by atoms with Crippen molar-refractivity contribution in [3.8, 4) is 0 Å². The number of hydrogen-bond donors (Lipinski definition) is 0. The molecule has 0 spiro atoms. The van der Waals surface area contributed by atoms with Crippen LogP contribution < -0.4 is 0 Å². The maximum atomic E-state index is 6.35. The van der Waals surface area contributed by atoms with Crippen molar-refractivity contribution in [1.82, 2.24) is 0 Å². The van der Waals surface area contributed by atoms with Crippen LogP contribution in [-0.2, 0) is 9.16 Å². The summed E-state index contributed by atoms with van der Waals surface area (Å²) in [5.41, 5.74) is 0.508. The van der Waals surface area contributed by atoms with Gasteiger partial charge in [-0.25, -0.2) is 0 Å². The lowest BCUT2D eigenvalue weighted by atomic mass is 9.87. The number of ether oxygens (including phenoxy) is 1. The van der Waals surface area contributed by atoms with Crippen molar-refractivity contribution < 1.29 is 9.16 Å². The van der Waals surface area contributed by atoms with Crippen LogP contribution in [0.25, 0.3) is 0 Å². The Bertz CT molecular complexity index is 233. The van der Waals surface area contributed by atoms with Crippen LogP contribution in [0.15, 0.2) is 0 Å². The second-order valence-corrected chi connectivity index (χ2v) is 9.51. The minimum Gasteiger partial charge on any atom is -0.417 e. The molecule has 19 heavy (non-hydrogen) atoms. The fraction of sp³-hybridized carbons (Fsp3) is 1.00. The molecule has 0 aromatic heterocycles. The molecule has 1 aliphatic heterocycles. The molecule has 1 heterocycles. The molecule has 3 heteroatoms. The van der Waals surface area contributed by atoms with E-state index in [-0.39, 0.29) is 0 Å². The summed E-state index contributed by atoms with van der Waals surface area (Å²) in [6.07, 6.45) is 11.0. The maximum absolute atomic E-state index is 6.35. The zero-order valence-electron chi connectivity index (χ0n) is 12.9. The average molecular weight is 285 g/mol. The van der Waals surface area contributed by atoms with E-state index in [0.717, 1.165) is 25.0 Å². The fourth-order valence-corrected chi connectivity index (χ4v) is 6.53. The van der Waals surface area contributed by atoms with E-state index in [9.17, 15) is 0 Å². The molecule has 1 saturated carbocycles. The third-order valence-electron chi connectivity index (χ3n) is 4.67. The molecule has 112 valence electrons. The van der Waals surface area contributed by atoms with Crippen LogP contribution in [0, 0.1) is 11.8 Å². The smallest absolute Gasteiger partial charge is 0.205 e. The van der Waals surface area contributed by atoms with E-state index in [1.807, 2.05) is 0 Å². The van der Waals surface area contributed by atoms with Gasteiger partial charge in [0.05, 0.1) is 5.73 Å². The van der Waals surface area contributed by atoms with Crippen LogP contribution in [0.1, 0.15) is 65.2 Å². The highest BCUT2D eigenvalue weighted by Crippen LogP contribution is 2.27. The van der Waals surface area contributed by atoms with Gasteiger partial charge >= 0.3 is 0 Å². The molecule has 2 atom stereocenters. The highest BCUT2D eigenvalue weighted by Gasteiger charge is 2.29. The van der Waals surface area contributed by atoms with Gasteiger partial charge in [-0.05, 0) is 37.1 Å². The topological polar surface area (TPSA) is 18.5 Å². The second-order valence-electron chi connectivity index (χ2n) is 6.88. The lowest BCUT2D eigenvalue weighted by molar-refractivity contribution is 0.137. The normalized spacial score (nSPS) is 27.0. The highest BCUT2D eigenvalue weighted by atomic mass is 28.3. The predicted molar refractivity (Wildman–Crippen MR) is 82.9 cm³/mol. The zero-order valence-corrected chi connectivity index (χ0v) is 14.1. The van der Waals surface area contributed by atoms with Crippen LogP contribution in [0.4, 0.5) is 0 Å². The first-order valence-electron chi connectivity index (χ1n) is 8.49. The van der Waals surface area contributed by atoms with Gasteiger partial charge in [0.15, 0.2) is 0 Å². The molecule has 2 nitrogen and oxygen atoms in total. The quantitative estimate of drug-likeness (QED) is 0.656. The van der Waals surface area contributed by atoms with Crippen LogP contribution in [0.3, 0.4) is 0 Å². The summed E-state index contributed by atoms with van der Waals surface area (Å²) in [6.45, 7) is 6.62. The molecular weight excluding hydrogens is 252 g/mol. The van der Waals surface area contributed by atoms with Crippen molar-refractivity contribution in [2.24, 2.45) is 11.8 Å². The largest absolute Gasteiger partial charge is 0.417 e. The van der Waals surface area contributed by atoms with Crippen molar-refractivity contribution in [2.75, 3.05) is 13.2 Å². The molecule has 0 N–H and O–H groups in total. The predicted octanol–water partition coefficient (Wildman–Crippen LogP) is 4.07. The summed E-state index contributed by atoms with van der Waals surface area (Å²) in [5.74, 6) is 1.71. The Hall–Kier alpha value is 0.137. The van der Waals surface area contributed by atoms with Crippen molar-refractivity contribution in [1.29, 1.82) is 0 Å². The van der Waals surface area contributed by atoms with Gasteiger partial charge < -0.3 is 9.16 Å². The van der Waals surface area contributed by atoms with Crippen LogP contribution in [0.5, 0.6) is 0 Å². The van der Waals surface area contributed by atoms with Crippen molar-refractivity contribution in [3.05, 3.63) is 0 Å². The molecule has 0 aromatic rings. The van der Waals surface area contributed by atoms with Crippen molar-refractivity contribution >= 4 is 9.04 Å². The molecule has 2 aliphatic rings. The second kappa shape index (κ2) is 8.43. The molecule has 0 amide bonds. The zero-order chi connectivity index (χ0) is 13.5. The van der Waals surface area contributed by atoms with E-state index in [4.69, 9.17) is 9.16 Å². The summed E-state index contributed by atoms with van der Waals surface area (Å²) in [5, 5.41) is 0. The fourth-order valence-electron chi connectivity index (χ4n) is 3.55. The maximum Gasteiger partial charge on any atom is 0.205 e. The van der Waals surface area contributed by atoms with Gasteiger partial charge in [-0.15, -0.1) is 0 Å². The molecule has 2 unspecified atom stereocenters. The van der Waals surface area contributed by atoms with Crippen LogP contribution in [-0.4, -0.2) is 28.0 Å². The Morgan fingerprint density at radius 2 is 1.89 bits per heavy atom. The lowest BCUT2D eigenvalue weighted by Gasteiger charge is -2.26. The molecule has 0 radical (unpaired) electrons. The Balaban J connectivity index is 1.69. The van der Waals surface area contributed by atoms with Gasteiger partial charge in [0.25, 0.3) is 0 Å². The van der Waals surface area contributed by atoms with Crippen molar-refractivity contribution in [2.45, 2.75) is 77.0 Å². The summed E-state index contributed by atoms with van der Waals surface area (Å²) in [6, 6.07) is 1.29. The van der Waals surface area contributed by atoms with E-state index in [0.29, 0.717) is 5.73 Å². The number of hydrogen-bond acceptors (Lipinski definition) is 2. The van der Waals surface area contributed by atoms with E-state index in [1.165, 1.54) is 57.4 Å². The summed E-state index contributed by atoms with van der Waals surface area (Å²) >= 11 is 0. The van der Waals surface area contributed by atoms with Gasteiger partial charge in [0.1, 0.15) is 0 Å². The van der Waals surface area contributed by atoms with E-state index in [2.05, 4.69) is 13.8 Å². The first-order chi connectivity index (χ1) is 9.25. The van der Waals surface area contributed by atoms with Gasteiger partial charge in [0, 0.05) is 13.2 Å². The minimum atomic E-state index is -1.14. The SMILES string of the molecule is CC(C)C[SiH](OCCC1CCCCC1)C1CCCO1. The van der Waals surface area contributed by atoms with Crippen LogP contribution >= 0.6 is 0 Å². The van der Waals surface area contributed by atoms with Crippen LogP contribution in [0.2, 0.25) is 6.04 Å². The summed E-state index contributed by atoms with van der Waals surface area (Å²) in [7, 11) is -1.14. The van der Waals surface area contributed by atoms with Crippen molar-refractivity contribution in [3.63, 3.8) is 0 Å². The average Bonchev–Trinajstić information content (AvgIpc) is 2.92. The van der Waals surface area contributed by atoms with Gasteiger partial charge in [-0.3, -0.25) is 0 Å². The van der Waals surface area contributed by atoms with Gasteiger partial charge in [-0.1, -0.05) is 46.0 Å². The van der Waals surface area contributed by atoms with E-state index in [1.54, 1.807) is 0 Å². The summed E-state index contributed by atoms with van der Waals surface area (Å²) < 4.78 is 12.2. The molecule has 2 fully saturated rings. The van der Waals surface area contributed by atoms with E-state index < -0.39 is 9.04 Å². The number of rotatable bonds is 7. The molecule has 0 bridgehead atoms. The standard InChI is InChI=1S/C16H32O2Si/c1-14(2)13-19(16-9-6-11-17-16)18-12-10-15-7-4-3-5-8-15/h14-16,19H,3-13H2,1-2H3. The third kappa shape index (κ3) is 5.56. The first kappa shape index (κ1) is 15.5. The minimum absolute atomic E-state index is 0.508. The highest BCUT2D eigenvalue weighted by molar-refractivity contribution is 6.53. The molecule has 1 aliphatic carbocycles. The van der Waals surface area contributed by atoms with E-state index >= 15 is 0 Å². The Morgan fingerprint density at radius 3 is 2.53 bits per heavy atom. The Kier molecular flexibility index (Phi) is 6.89. The molecule has 2 rings (SSSR count). The molecular formula is C16H32O2Si. The Labute approximate surface area is 121 Å². The molecule has 1 saturated heterocycles. The Morgan fingerprint density at radius 1 is 1.11 bits per heavy atom. The monoisotopic (exact) mass is 284 g/mol. The van der Waals surface area contributed by atoms with Gasteiger partial charge in [-0.2, -0.15) is 0 Å². The first-order valence-corrected chi connectivity index (χ1v) is 10.4. The lowest BCUT2D eigenvalue weighted by Crippen LogP contribution is -2.35. The third-order valence-corrected chi connectivity index (χ3v) is 8.09.